The van der Waals surface area contributed by atoms with Crippen LogP contribution in [-0.2, 0) is 0 Å². The molecule has 0 unspecified atom stereocenters. The molecule has 7 heteroatoms. The van der Waals surface area contributed by atoms with Gasteiger partial charge in [0.15, 0.2) is 0 Å². The topological polar surface area (TPSA) is 36.8 Å². The van der Waals surface area contributed by atoms with Gasteiger partial charge in [0.25, 0.3) is 0 Å². The molecule has 0 atom stereocenters. The molecule has 0 rings (SSSR count). The lowest BCUT2D eigenvalue weighted by molar-refractivity contribution is -0.0864. The van der Waals surface area contributed by atoms with Crippen molar-refractivity contribution in [1.29, 1.82) is 0 Å². The summed E-state index contributed by atoms with van der Waals surface area (Å²) in [6.07, 6.45) is -3.95. The molecule has 0 aliphatic heterocycles. The summed E-state index contributed by atoms with van der Waals surface area (Å²) < 4.78 is 37.0. The van der Waals surface area contributed by atoms with E-state index in [-0.39, 0.29) is 11.8 Å². The summed E-state index contributed by atoms with van der Waals surface area (Å²) in [6, 6.07) is -0.169. The molecular weight excluding hydrogens is 219 g/mol. The molecule has 14 heavy (non-hydrogen) atoms. The summed E-state index contributed by atoms with van der Waals surface area (Å²) in [5.74, 6) is -0.361. The third kappa shape index (κ3) is 3.78. The lowest BCUT2D eigenvalue weighted by atomic mass is 10.2. The highest BCUT2D eigenvalue weighted by Crippen LogP contribution is 2.26. The number of halogens is 4. The molecule has 0 aliphatic rings. The van der Waals surface area contributed by atoms with E-state index in [4.69, 9.17) is 11.6 Å². The molecule has 0 aromatic carbocycles. The predicted molar refractivity (Wildman–Crippen MR) is 50.9 cm³/mol. The summed E-state index contributed by atoms with van der Waals surface area (Å²) in [6.45, 7) is 2.95. The Hall–Kier alpha value is -1.04. The zero-order chi connectivity index (χ0) is 11.2. The van der Waals surface area contributed by atoms with Gasteiger partial charge in [-0.15, -0.1) is 11.6 Å². The van der Waals surface area contributed by atoms with Crippen molar-refractivity contribution < 1.29 is 13.2 Å². The van der Waals surface area contributed by atoms with E-state index >= 15 is 0 Å². The number of hydrogen-bond acceptors (Lipinski definition) is 2. The van der Waals surface area contributed by atoms with Gasteiger partial charge in [0.2, 0.25) is 0 Å². The number of aliphatic imine (C=N–C) groups is 2. The second-order valence-electron chi connectivity index (χ2n) is 2.11. The van der Waals surface area contributed by atoms with Gasteiger partial charge >= 0.3 is 6.18 Å². The summed E-state index contributed by atoms with van der Waals surface area (Å²) in [4.78, 5) is 6.47. The van der Waals surface area contributed by atoms with Crippen LogP contribution in [0.3, 0.4) is 0 Å². The Morgan fingerprint density at radius 3 is 2.43 bits per heavy atom. The molecule has 80 valence electrons. The number of alkyl halides is 4. The van der Waals surface area contributed by atoms with E-state index in [0.717, 1.165) is 0 Å². The fraction of sp³-hybridized carbons (Fsp3) is 0.429. The van der Waals surface area contributed by atoms with Gasteiger partial charge in [-0.2, -0.15) is 13.2 Å². The van der Waals surface area contributed by atoms with Gasteiger partial charge in [0.1, 0.15) is 11.4 Å². The maximum Gasteiger partial charge on any atom is 0.421 e. The zero-order valence-electron chi connectivity index (χ0n) is 7.40. The summed E-state index contributed by atoms with van der Waals surface area (Å²) >= 11 is 5.24. The first-order chi connectivity index (χ1) is 6.47. The van der Waals surface area contributed by atoms with Crippen LogP contribution in [0.5, 0.6) is 0 Å². The monoisotopic (exact) mass is 227 g/mol. The van der Waals surface area contributed by atoms with E-state index in [1.165, 1.54) is 7.05 Å². The molecule has 0 fully saturated rings. The first-order valence-corrected chi connectivity index (χ1v) is 4.01. The highest BCUT2D eigenvalue weighted by molar-refractivity contribution is 6.19. The Morgan fingerprint density at radius 1 is 1.57 bits per heavy atom. The van der Waals surface area contributed by atoms with E-state index < -0.39 is 11.7 Å². The van der Waals surface area contributed by atoms with Crippen LogP contribution in [0.2, 0.25) is 0 Å². The minimum atomic E-state index is -4.53. The normalized spacial score (nSPS) is 14.1. The fourth-order valence-electron chi connectivity index (χ4n) is 0.718. The standard InChI is InChI=1S/C7H9ClF3N3/c1-12-3-5(7(9,10)11)6(13-2)14-4-8/h3H,1,4H2,2H3,(H,13,14)/b5-3+. The lowest BCUT2D eigenvalue weighted by Crippen LogP contribution is -2.31. The van der Waals surface area contributed by atoms with Gasteiger partial charge in [-0.3, -0.25) is 9.98 Å². The molecular formula is C7H9ClF3N3. The largest absolute Gasteiger partial charge is 0.421 e. The molecule has 0 aromatic rings. The van der Waals surface area contributed by atoms with Gasteiger partial charge in [0.05, 0.1) is 6.00 Å². The number of amidine groups is 1. The molecule has 0 aliphatic carbocycles. The van der Waals surface area contributed by atoms with Crippen molar-refractivity contribution in [3.8, 4) is 0 Å². The Kier molecular flexibility index (Phi) is 5.22. The second-order valence-corrected chi connectivity index (χ2v) is 2.37. The van der Waals surface area contributed by atoms with Gasteiger partial charge in [-0.25, -0.2) is 0 Å². The van der Waals surface area contributed by atoms with Crippen molar-refractivity contribution in [3.63, 3.8) is 0 Å². The second kappa shape index (κ2) is 5.64. The Morgan fingerprint density at radius 2 is 2.14 bits per heavy atom. The van der Waals surface area contributed by atoms with Crippen molar-refractivity contribution in [2.45, 2.75) is 6.18 Å². The molecule has 0 saturated carbocycles. The van der Waals surface area contributed by atoms with Gasteiger partial charge in [-0.1, -0.05) is 0 Å². The molecule has 0 saturated heterocycles. The van der Waals surface area contributed by atoms with Crippen LogP contribution in [0.4, 0.5) is 13.2 Å². The number of hydrogen-bond donors (Lipinski definition) is 1. The van der Waals surface area contributed by atoms with Gasteiger partial charge < -0.3 is 5.32 Å². The van der Waals surface area contributed by atoms with Crippen LogP contribution in [0.1, 0.15) is 0 Å². The highest BCUT2D eigenvalue weighted by Gasteiger charge is 2.36. The highest BCUT2D eigenvalue weighted by atomic mass is 35.5. The minimum absolute atomic E-state index is 0.169. The van der Waals surface area contributed by atoms with Crippen LogP contribution >= 0.6 is 11.6 Å². The first-order valence-electron chi connectivity index (χ1n) is 3.47. The van der Waals surface area contributed by atoms with Crippen LogP contribution < -0.4 is 5.32 Å². The van der Waals surface area contributed by atoms with Crippen molar-refractivity contribution in [2.75, 3.05) is 13.1 Å². The van der Waals surface area contributed by atoms with Gasteiger partial charge in [0, 0.05) is 13.2 Å². The third-order valence-corrected chi connectivity index (χ3v) is 1.37. The molecule has 0 bridgehead atoms. The number of nitrogens with one attached hydrogen (secondary N) is 1. The zero-order valence-corrected chi connectivity index (χ0v) is 8.15. The molecule has 0 radical (unpaired) electrons. The molecule has 1 N–H and O–H groups in total. The maximum atomic E-state index is 12.3. The Labute approximate surface area is 84.4 Å². The predicted octanol–water partition coefficient (Wildman–Crippen LogP) is 1.95. The molecule has 3 nitrogen and oxygen atoms in total. The van der Waals surface area contributed by atoms with E-state index in [1.54, 1.807) is 0 Å². The summed E-state index contributed by atoms with van der Waals surface area (Å²) in [5, 5.41) is 2.26. The lowest BCUT2D eigenvalue weighted by Gasteiger charge is -2.13. The van der Waals surface area contributed by atoms with E-state index in [9.17, 15) is 13.2 Å². The molecule has 0 spiro atoms. The van der Waals surface area contributed by atoms with E-state index in [0.29, 0.717) is 6.20 Å². The SMILES string of the molecule is C=N/C=C(\C(=NC)NCCl)C(F)(F)F. The van der Waals surface area contributed by atoms with Crippen LogP contribution in [0.25, 0.3) is 0 Å². The molecule has 0 aromatic heterocycles. The number of rotatable bonds is 3. The van der Waals surface area contributed by atoms with Crippen molar-refractivity contribution in [1.82, 2.24) is 5.32 Å². The van der Waals surface area contributed by atoms with Gasteiger partial charge in [-0.05, 0) is 6.72 Å². The van der Waals surface area contributed by atoms with Crippen LogP contribution in [0, 0.1) is 0 Å². The first kappa shape index (κ1) is 13.0. The van der Waals surface area contributed by atoms with Crippen molar-refractivity contribution >= 4 is 24.2 Å². The van der Waals surface area contributed by atoms with Crippen LogP contribution in [0.15, 0.2) is 21.8 Å². The van der Waals surface area contributed by atoms with E-state index in [1.807, 2.05) is 0 Å². The minimum Gasteiger partial charge on any atom is -0.356 e. The quantitative estimate of drug-likeness (QED) is 0.340. The molecule has 0 heterocycles. The smallest absolute Gasteiger partial charge is 0.356 e. The Bertz CT molecular complexity index is 257. The maximum absolute atomic E-state index is 12.3. The average molecular weight is 228 g/mol. The fourth-order valence-corrected chi connectivity index (χ4v) is 0.844. The van der Waals surface area contributed by atoms with Crippen LogP contribution in [-0.4, -0.2) is 31.8 Å². The summed E-state index contributed by atoms with van der Waals surface area (Å²) in [5.41, 5.74) is -1.00. The number of nitrogens with zero attached hydrogens (tertiary/aromatic N) is 2. The molecule has 0 amide bonds. The summed E-state index contributed by atoms with van der Waals surface area (Å²) in [7, 11) is 1.22. The average Bonchev–Trinajstić information content (AvgIpc) is 2.09. The van der Waals surface area contributed by atoms with Crippen molar-refractivity contribution in [3.05, 3.63) is 11.8 Å². The van der Waals surface area contributed by atoms with E-state index in [2.05, 4.69) is 22.0 Å². The third-order valence-electron chi connectivity index (χ3n) is 1.24. The van der Waals surface area contributed by atoms with Crippen molar-refractivity contribution in [2.24, 2.45) is 9.98 Å². The Balaban J connectivity index is 5.01.